The van der Waals surface area contributed by atoms with Crippen LogP contribution in [0.25, 0.3) is 0 Å². The molecule has 1 aliphatic heterocycles. The Kier molecular flexibility index (Phi) is 5.70. The predicted molar refractivity (Wildman–Crippen MR) is 98.9 cm³/mol. The number of benzene rings is 1. The van der Waals surface area contributed by atoms with E-state index in [9.17, 15) is 29.7 Å². The lowest BCUT2D eigenvalue weighted by molar-refractivity contribution is -0.640. The quantitative estimate of drug-likeness (QED) is 0.273. The van der Waals surface area contributed by atoms with Crippen molar-refractivity contribution >= 4 is 11.4 Å². The number of H-pyrrole nitrogens is 1. The molecule has 3 rings (SSSR count). The Balaban J connectivity index is 1.68. The van der Waals surface area contributed by atoms with Crippen molar-refractivity contribution in [1.82, 2.24) is 15.1 Å². The normalized spacial score (nSPS) is 21.0. The number of ether oxygens (including phenoxy) is 1. The zero-order chi connectivity index (χ0) is 21.1. The summed E-state index contributed by atoms with van der Waals surface area (Å²) in [6.45, 7) is 1.07. The highest BCUT2D eigenvalue weighted by atomic mass is 16.6. The molecule has 1 saturated heterocycles. The second-order valence-electron chi connectivity index (χ2n) is 6.46. The van der Waals surface area contributed by atoms with Crippen LogP contribution in [0, 0.1) is 21.9 Å². The third-order valence-corrected chi connectivity index (χ3v) is 4.53. The second kappa shape index (κ2) is 8.20. The van der Waals surface area contributed by atoms with E-state index >= 15 is 0 Å². The molecule has 1 fully saturated rings. The number of hydrogen-bond acceptors (Lipinski definition) is 8. The maximum absolute atomic E-state index is 12.4. The minimum atomic E-state index is -0.886. The van der Waals surface area contributed by atoms with Crippen molar-refractivity contribution < 1.29 is 19.6 Å². The molecule has 2 heterocycles. The molecule has 0 saturated carbocycles. The average molecular weight is 407 g/mol. The average Bonchev–Trinajstić information content (AvgIpc) is 3.13. The topological polar surface area (TPSA) is 172 Å². The number of anilines is 1. The molecule has 0 amide bonds. The van der Waals surface area contributed by atoms with Gasteiger partial charge in [0.1, 0.15) is 11.1 Å². The van der Waals surface area contributed by atoms with Crippen molar-refractivity contribution in [2.45, 2.75) is 31.7 Å². The Bertz CT molecular complexity index is 1030. The minimum Gasteiger partial charge on any atom is -0.393 e. The summed E-state index contributed by atoms with van der Waals surface area (Å²) < 4.78 is 6.77. The number of hydrogen-bond donors (Lipinski definition) is 4. The van der Waals surface area contributed by atoms with Gasteiger partial charge in [-0.3, -0.25) is 24.5 Å². The molecule has 29 heavy (non-hydrogen) atoms. The van der Waals surface area contributed by atoms with E-state index in [0.717, 1.165) is 4.57 Å². The van der Waals surface area contributed by atoms with Crippen LogP contribution in [0.2, 0.25) is 0 Å². The first-order valence-corrected chi connectivity index (χ1v) is 8.61. The molecule has 1 aromatic carbocycles. The van der Waals surface area contributed by atoms with Gasteiger partial charge in [-0.05, 0) is 19.1 Å². The van der Waals surface area contributed by atoms with E-state index < -0.39 is 41.2 Å². The van der Waals surface area contributed by atoms with E-state index in [0.29, 0.717) is 16.1 Å². The van der Waals surface area contributed by atoms with E-state index in [4.69, 9.17) is 4.74 Å². The maximum Gasteiger partial charge on any atom is 0.330 e. The predicted octanol–water partition coefficient (Wildman–Crippen LogP) is -0.288. The number of nitroso groups, excluding NO2 is 1. The molecule has 3 atom stereocenters. The molecule has 13 heteroatoms. The van der Waals surface area contributed by atoms with Gasteiger partial charge in [0.25, 0.3) is 17.3 Å². The van der Waals surface area contributed by atoms with Crippen molar-refractivity contribution in [3.8, 4) is 0 Å². The molecule has 4 N–H and O–H groups in total. The van der Waals surface area contributed by atoms with Crippen molar-refractivity contribution in [3.63, 3.8) is 0 Å². The molecule has 2 aromatic rings. The van der Waals surface area contributed by atoms with Crippen molar-refractivity contribution in [2.24, 2.45) is 0 Å². The van der Waals surface area contributed by atoms with Crippen LogP contribution in [-0.4, -0.2) is 43.2 Å². The molecule has 1 aliphatic rings. The number of aromatic nitrogens is 2. The first-order chi connectivity index (χ1) is 13.8. The SMILES string of the molecule is Cc1cn(C2CC([N+](=O)NNc3ccc([N+](=O)[O-])cc3)C(CO)O2)c(=O)[nH]c1=O. The Labute approximate surface area is 162 Å². The van der Waals surface area contributed by atoms with Crippen LogP contribution in [0.1, 0.15) is 18.2 Å². The van der Waals surface area contributed by atoms with Crippen molar-refractivity contribution in [2.75, 3.05) is 12.0 Å². The van der Waals surface area contributed by atoms with E-state index in [2.05, 4.69) is 15.9 Å². The van der Waals surface area contributed by atoms with Gasteiger partial charge in [-0.1, -0.05) is 5.53 Å². The molecular weight excluding hydrogens is 388 g/mol. The number of nitro groups is 1. The van der Waals surface area contributed by atoms with Gasteiger partial charge in [0.05, 0.1) is 28.5 Å². The molecular formula is C16H19N6O7+. The van der Waals surface area contributed by atoms with Gasteiger partial charge in [-0.15, -0.1) is 0 Å². The number of aromatic amines is 1. The summed E-state index contributed by atoms with van der Waals surface area (Å²) in [6.07, 6.45) is -0.337. The number of aliphatic hydroxyl groups excluding tert-OH is 1. The van der Waals surface area contributed by atoms with E-state index in [1.165, 1.54) is 37.4 Å². The number of rotatable bonds is 7. The Morgan fingerprint density at radius 2 is 2.00 bits per heavy atom. The van der Waals surface area contributed by atoms with Crippen LogP contribution in [0.3, 0.4) is 0 Å². The van der Waals surface area contributed by atoms with Crippen molar-refractivity contribution in [1.29, 1.82) is 0 Å². The van der Waals surface area contributed by atoms with Gasteiger partial charge < -0.3 is 9.84 Å². The smallest absolute Gasteiger partial charge is 0.330 e. The molecule has 3 unspecified atom stereocenters. The van der Waals surface area contributed by atoms with Crippen LogP contribution in [0.4, 0.5) is 11.4 Å². The molecule has 1 aromatic heterocycles. The summed E-state index contributed by atoms with van der Waals surface area (Å²) in [6, 6.07) is 4.53. The number of nitrogens with one attached hydrogen (secondary N) is 3. The Morgan fingerprint density at radius 1 is 1.31 bits per heavy atom. The molecule has 0 spiro atoms. The van der Waals surface area contributed by atoms with Crippen LogP contribution in [0.15, 0.2) is 40.1 Å². The molecule has 154 valence electrons. The number of nitro benzene ring substituents is 1. The molecule has 0 aliphatic carbocycles. The minimum absolute atomic E-state index is 0.0645. The summed E-state index contributed by atoms with van der Waals surface area (Å²) in [5.74, 6) is 0. The summed E-state index contributed by atoms with van der Waals surface area (Å²) in [4.78, 5) is 48.7. The number of nitrogens with zero attached hydrogens (tertiary/aromatic N) is 3. The lowest BCUT2D eigenvalue weighted by Crippen LogP contribution is -2.44. The summed E-state index contributed by atoms with van der Waals surface area (Å²) in [7, 11) is 0. The zero-order valence-electron chi connectivity index (χ0n) is 15.3. The molecule has 0 bridgehead atoms. The highest BCUT2D eigenvalue weighted by Crippen LogP contribution is 2.29. The maximum atomic E-state index is 12.4. The van der Waals surface area contributed by atoms with Gasteiger partial charge in [0, 0.05) is 23.9 Å². The van der Waals surface area contributed by atoms with Gasteiger partial charge in [0.15, 0.2) is 6.10 Å². The van der Waals surface area contributed by atoms with E-state index in [-0.39, 0.29) is 12.1 Å². The van der Waals surface area contributed by atoms with Gasteiger partial charge >= 0.3 is 5.69 Å². The standard InChI is InChI=1S/C16H18N6O7/c1-9-7-20(16(25)17-15(9)24)14-6-12(13(8-23)29-14)21(26)19-18-10-2-4-11(5-3-10)22(27)28/h2-5,7,12-14,18,23H,6,8H2,1H3,(H-,17,19,24,25,26)/p+1. The fraction of sp³-hybridized carbons (Fsp3) is 0.375. The largest absolute Gasteiger partial charge is 0.393 e. The Hall–Kier alpha value is -3.58. The second-order valence-corrected chi connectivity index (χ2v) is 6.46. The lowest BCUT2D eigenvalue weighted by atomic mass is 10.1. The zero-order valence-corrected chi connectivity index (χ0v) is 15.3. The fourth-order valence-corrected chi connectivity index (χ4v) is 2.97. The first kappa shape index (κ1) is 20.2. The highest BCUT2D eigenvalue weighted by molar-refractivity contribution is 5.47. The summed E-state index contributed by atoms with van der Waals surface area (Å²) >= 11 is 0. The van der Waals surface area contributed by atoms with E-state index in [1.54, 1.807) is 0 Å². The lowest BCUT2D eigenvalue weighted by Gasteiger charge is -2.13. The van der Waals surface area contributed by atoms with Crippen LogP contribution < -0.4 is 22.2 Å². The third-order valence-electron chi connectivity index (χ3n) is 4.53. The third kappa shape index (κ3) is 4.30. The Morgan fingerprint density at radius 3 is 2.62 bits per heavy atom. The number of aliphatic hydroxyl groups is 1. The monoisotopic (exact) mass is 407 g/mol. The fourth-order valence-electron chi connectivity index (χ4n) is 2.97. The molecule has 13 nitrogen and oxygen atoms in total. The van der Waals surface area contributed by atoms with Crippen molar-refractivity contribution in [3.05, 3.63) is 71.9 Å². The summed E-state index contributed by atoms with van der Waals surface area (Å²) in [5.41, 5.74) is 4.40. The van der Waals surface area contributed by atoms with Gasteiger partial charge in [0.2, 0.25) is 0 Å². The van der Waals surface area contributed by atoms with E-state index in [1.807, 2.05) is 0 Å². The van der Waals surface area contributed by atoms with Crippen LogP contribution >= 0.6 is 0 Å². The van der Waals surface area contributed by atoms with Crippen LogP contribution in [-0.2, 0) is 4.74 Å². The first-order valence-electron chi connectivity index (χ1n) is 8.61. The van der Waals surface area contributed by atoms with Gasteiger partial charge in [-0.2, -0.15) is 0 Å². The van der Waals surface area contributed by atoms with Gasteiger partial charge in [-0.25, -0.2) is 10.2 Å². The number of non-ortho nitro benzene ring substituents is 1. The summed E-state index contributed by atoms with van der Waals surface area (Å²) in [5, 5.41) is 20.2. The van der Waals surface area contributed by atoms with Crippen LogP contribution in [0.5, 0.6) is 0 Å². The molecule has 0 radical (unpaired) electrons. The number of hydrazine groups is 2. The number of aryl methyl sites for hydroxylation is 1. The highest BCUT2D eigenvalue weighted by Gasteiger charge is 2.47.